The Kier molecular flexibility index (Phi) is 2.63. The van der Waals surface area contributed by atoms with Gasteiger partial charge in [0, 0.05) is 7.05 Å². The SMILES string of the molecule is Cc1c(S(=O)(=O)F)c(CCl)nn1C. The van der Waals surface area contributed by atoms with Gasteiger partial charge in [0.15, 0.2) is 0 Å². The zero-order valence-electron chi connectivity index (χ0n) is 7.08. The molecule has 0 N–H and O–H groups in total. The Morgan fingerprint density at radius 1 is 1.62 bits per heavy atom. The zero-order chi connectivity index (χ0) is 10.2. The van der Waals surface area contributed by atoms with Gasteiger partial charge in [0.05, 0.1) is 17.3 Å². The lowest BCUT2D eigenvalue weighted by Crippen LogP contribution is -1.97. The molecule has 0 spiro atoms. The molecule has 1 aromatic rings. The van der Waals surface area contributed by atoms with Crippen molar-refractivity contribution in [1.29, 1.82) is 0 Å². The Hall–Kier alpha value is -0.620. The molecule has 0 saturated heterocycles. The van der Waals surface area contributed by atoms with Crippen molar-refractivity contribution in [2.75, 3.05) is 0 Å². The van der Waals surface area contributed by atoms with Gasteiger partial charge < -0.3 is 0 Å². The van der Waals surface area contributed by atoms with Gasteiger partial charge in [0.2, 0.25) is 0 Å². The highest BCUT2D eigenvalue weighted by Crippen LogP contribution is 2.22. The summed E-state index contributed by atoms with van der Waals surface area (Å²) in [6, 6.07) is 0. The first-order chi connectivity index (χ1) is 5.88. The van der Waals surface area contributed by atoms with E-state index in [-0.39, 0.29) is 17.3 Å². The second kappa shape index (κ2) is 3.26. The summed E-state index contributed by atoms with van der Waals surface area (Å²) in [7, 11) is -3.20. The number of halogens is 2. The smallest absolute Gasteiger partial charge is 0.271 e. The summed E-state index contributed by atoms with van der Waals surface area (Å²) in [5.74, 6) is -0.125. The van der Waals surface area contributed by atoms with Gasteiger partial charge in [-0.05, 0) is 6.92 Å². The summed E-state index contributed by atoms with van der Waals surface area (Å²) in [4.78, 5) is -0.412. The molecule has 1 heterocycles. The summed E-state index contributed by atoms with van der Waals surface area (Å²) in [6.07, 6.45) is 0. The van der Waals surface area contributed by atoms with Crippen molar-refractivity contribution in [3.8, 4) is 0 Å². The second-order valence-corrected chi connectivity index (χ2v) is 4.11. The molecule has 1 rings (SSSR count). The van der Waals surface area contributed by atoms with Gasteiger partial charge in [-0.25, -0.2) is 0 Å². The normalized spacial score (nSPS) is 12.0. The maximum absolute atomic E-state index is 12.7. The molecule has 7 heteroatoms. The van der Waals surface area contributed by atoms with E-state index in [2.05, 4.69) is 5.10 Å². The van der Waals surface area contributed by atoms with Gasteiger partial charge in [-0.2, -0.15) is 13.5 Å². The lowest BCUT2D eigenvalue weighted by atomic mass is 10.4. The van der Waals surface area contributed by atoms with Crippen LogP contribution in [-0.2, 0) is 23.2 Å². The predicted octanol–water partition coefficient (Wildman–Crippen LogP) is 1.13. The standard InChI is InChI=1S/C6H8ClFN2O2S/c1-4-6(13(8,11)12)5(3-7)9-10(4)2/h3H2,1-2H3. The quantitative estimate of drug-likeness (QED) is 0.561. The first-order valence-corrected chi connectivity index (χ1v) is 5.33. The van der Waals surface area contributed by atoms with Crippen LogP contribution < -0.4 is 0 Å². The Morgan fingerprint density at radius 3 is 2.46 bits per heavy atom. The van der Waals surface area contributed by atoms with Gasteiger partial charge in [-0.1, -0.05) is 0 Å². The van der Waals surface area contributed by atoms with E-state index in [4.69, 9.17) is 11.6 Å². The molecule has 4 nitrogen and oxygen atoms in total. The average molecular weight is 227 g/mol. The molecular formula is C6H8ClFN2O2S. The average Bonchev–Trinajstić information content (AvgIpc) is 2.26. The predicted molar refractivity (Wildman–Crippen MR) is 45.8 cm³/mol. The molecule has 0 aromatic carbocycles. The van der Waals surface area contributed by atoms with Crippen LogP contribution in [0.5, 0.6) is 0 Å². The van der Waals surface area contributed by atoms with E-state index in [9.17, 15) is 12.3 Å². The third-order valence-corrected chi connectivity index (χ3v) is 2.99. The fourth-order valence-electron chi connectivity index (χ4n) is 1.06. The molecular weight excluding hydrogens is 219 g/mol. The van der Waals surface area contributed by atoms with Gasteiger partial charge >= 0.3 is 10.2 Å². The number of hydrogen-bond donors (Lipinski definition) is 0. The number of rotatable bonds is 2. The van der Waals surface area contributed by atoms with Crippen LogP contribution in [0.3, 0.4) is 0 Å². The highest BCUT2D eigenvalue weighted by Gasteiger charge is 2.24. The minimum atomic E-state index is -4.72. The van der Waals surface area contributed by atoms with E-state index in [1.54, 1.807) is 0 Å². The minimum Gasteiger partial charge on any atom is -0.271 e. The summed E-state index contributed by atoms with van der Waals surface area (Å²) in [5.41, 5.74) is 0.294. The minimum absolute atomic E-state index is 0.0455. The van der Waals surface area contributed by atoms with Crippen LogP contribution in [0.4, 0.5) is 3.89 Å². The van der Waals surface area contributed by atoms with Gasteiger partial charge in [0.25, 0.3) is 0 Å². The van der Waals surface area contributed by atoms with Crippen molar-refractivity contribution >= 4 is 21.8 Å². The summed E-state index contributed by atoms with van der Waals surface area (Å²) < 4.78 is 35.3. The molecule has 0 amide bonds. The van der Waals surface area contributed by atoms with Crippen LogP contribution in [0.15, 0.2) is 4.90 Å². The lowest BCUT2D eigenvalue weighted by molar-refractivity contribution is 0.550. The maximum atomic E-state index is 12.7. The molecule has 0 bridgehead atoms. The highest BCUT2D eigenvalue weighted by atomic mass is 35.5. The van der Waals surface area contributed by atoms with Crippen LogP contribution in [0.25, 0.3) is 0 Å². The second-order valence-electron chi connectivity index (χ2n) is 2.56. The number of nitrogens with zero attached hydrogens (tertiary/aromatic N) is 2. The van der Waals surface area contributed by atoms with Crippen LogP contribution in [-0.4, -0.2) is 18.2 Å². The fraction of sp³-hybridized carbons (Fsp3) is 0.500. The molecule has 74 valence electrons. The van der Waals surface area contributed by atoms with Crippen molar-refractivity contribution in [2.45, 2.75) is 17.7 Å². The third kappa shape index (κ3) is 1.83. The van der Waals surface area contributed by atoms with Crippen molar-refractivity contribution in [3.63, 3.8) is 0 Å². The van der Waals surface area contributed by atoms with Crippen molar-refractivity contribution in [1.82, 2.24) is 9.78 Å². The highest BCUT2D eigenvalue weighted by molar-refractivity contribution is 7.86. The fourth-order valence-corrected chi connectivity index (χ4v) is 2.21. The maximum Gasteiger partial charge on any atom is 0.335 e. The molecule has 0 atom stereocenters. The molecule has 13 heavy (non-hydrogen) atoms. The van der Waals surface area contributed by atoms with E-state index < -0.39 is 15.1 Å². The van der Waals surface area contributed by atoms with E-state index in [0.717, 1.165) is 0 Å². The van der Waals surface area contributed by atoms with Crippen molar-refractivity contribution in [3.05, 3.63) is 11.4 Å². The van der Waals surface area contributed by atoms with E-state index in [0.29, 0.717) is 0 Å². The number of aromatic nitrogens is 2. The molecule has 0 radical (unpaired) electrons. The van der Waals surface area contributed by atoms with E-state index in [1.807, 2.05) is 0 Å². The van der Waals surface area contributed by atoms with Gasteiger partial charge in [0.1, 0.15) is 4.90 Å². The Bertz CT molecular complexity index is 426. The molecule has 1 aromatic heterocycles. The lowest BCUT2D eigenvalue weighted by Gasteiger charge is -1.94. The molecule has 0 saturated carbocycles. The largest absolute Gasteiger partial charge is 0.335 e. The number of aryl methyl sites for hydroxylation is 1. The van der Waals surface area contributed by atoms with Crippen LogP contribution in [0, 0.1) is 6.92 Å². The van der Waals surface area contributed by atoms with Crippen LogP contribution >= 0.6 is 11.6 Å². The summed E-state index contributed by atoms with van der Waals surface area (Å²) in [5, 5.41) is 3.76. The molecule has 0 fully saturated rings. The monoisotopic (exact) mass is 226 g/mol. The van der Waals surface area contributed by atoms with Crippen molar-refractivity contribution < 1.29 is 12.3 Å². The molecule has 0 aliphatic carbocycles. The Balaban J connectivity index is 3.51. The number of alkyl halides is 1. The van der Waals surface area contributed by atoms with E-state index in [1.165, 1.54) is 18.7 Å². The molecule has 0 unspecified atom stereocenters. The first-order valence-electron chi connectivity index (χ1n) is 3.41. The zero-order valence-corrected chi connectivity index (χ0v) is 8.65. The van der Waals surface area contributed by atoms with E-state index >= 15 is 0 Å². The van der Waals surface area contributed by atoms with Crippen LogP contribution in [0.2, 0.25) is 0 Å². The van der Waals surface area contributed by atoms with Crippen molar-refractivity contribution in [2.24, 2.45) is 7.05 Å². The Morgan fingerprint density at radius 2 is 2.15 bits per heavy atom. The van der Waals surface area contributed by atoms with Gasteiger partial charge in [-0.15, -0.1) is 15.5 Å². The van der Waals surface area contributed by atoms with Crippen LogP contribution in [0.1, 0.15) is 11.4 Å². The Labute approximate surface area is 80.5 Å². The molecule has 0 aliphatic rings. The summed E-state index contributed by atoms with van der Waals surface area (Å²) >= 11 is 5.42. The number of hydrogen-bond acceptors (Lipinski definition) is 3. The molecule has 0 aliphatic heterocycles. The first kappa shape index (κ1) is 10.5. The van der Waals surface area contributed by atoms with Gasteiger partial charge in [-0.3, -0.25) is 4.68 Å². The summed E-state index contributed by atoms with van der Waals surface area (Å²) in [6.45, 7) is 1.47. The topological polar surface area (TPSA) is 52.0 Å². The third-order valence-electron chi connectivity index (χ3n) is 1.72.